The van der Waals surface area contributed by atoms with Crippen molar-refractivity contribution in [3.8, 4) is 5.69 Å². The predicted molar refractivity (Wildman–Crippen MR) is 111 cm³/mol. The van der Waals surface area contributed by atoms with Crippen LogP contribution in [0, 0.1) is 12.8 Å². The quantitative estimate of drug-likeness (QED) is 0.809. The van der Waals surface area contributed by atoms with E-state index in [1.165, 1.54) is 0 Å². The highest BCUT2D eigenvalue weighted by atomic mass is 16.2. The molecule has 0 bridgehead atoms. The molecule has 8 heteroatoms. The summed E-state index contributed by atoms with van der Waals surface area (Å²) < 4.78 is 1.73. The third-order valence-electron chi connectivity index (χ3n) is 5.55. The molecule has 0 saturated heterocycles. The summed E-state index contributed by atoms with van der Waals surface area (Å²) in [6.45, 7) is 11.7. The number of nitrogens with one attached hydrogen (secondary N) is 2. The Morgan fingerprint density at radius 2 is 2.00 bits per heavy atom. The molecule has 29 heavy (non-hydrogen) atoms. The van der Waals surface area contributed by atoms with Crippen LogP contribution in [0.15, 0.2) is 18.2 Å². The standard InChI is InChI=1S/C21H30N6O2/c1-6-22-21(29)26-11-10-17-16(12-26)8-7-9-18(17)27-15(5)19(24-25-27)20(28)23-14(4)13(2)3/h7-9,13-14H,6,10-12H2,1-5H3,(H,22,29)(H,23,28)/t14-/m1/s1. The number of rotatable bonds is 5. The lowest BCUT2D eigenvalue weighted by Crippen LogP contribution is -2.42. The molecule has 156 valence electrons. The molecule has 1 aromatic carbocycles. The molecule has 1 aliphatic rings. The number of carbonyl (C=O) groups is 2. The molecular formula is C21H30N6O2. The molecule has 2 aromatic rings. The SMILES string of the molecule is CCNC(=O)N1CCc2c(cccc2-n2nnc(C(=O)N[C@H](C)C(C)C)c2C)C1. The van der Waals surface area contributed by atoms with Gasteiger partial charge in [-0.3, -0.25) is 4.79 Å². The Morgan fingerprint density at radius 3 is 2.69 bits per heavy atom. The van der Waals surface area contributed by atoms with Crippen molar-refractivity contribution in [1.82, 2.24) is 30.5 Å². The summed E-state index contributed by atoms with van der Waals surface area (Å²) in [4.78, 5) is 26.6. The second-order valence-corrected chi connectivity index (χ2v) is 7.86. The number of hydrogen-bond acceptors (Lipinski definition) is 4. The number of amides is 3. The third-order valence-corrected chi connectivity index (χ3v) is 5.55. The Hall–Kier alpha value is -2.90. The molecule has 8 nitrogen and oxygen atoms in total. The van der Waals surface area contributed by atoms with E-state index in [-0.39, 0.29) is 18.0 Å². The van der Waals surface area contributed by atoms with Crippen LogP contribution in [0.2, 0.25) is 0 Å². The van der Waals surface area contributed by atoms with Gasteiger partial charge < -0.3 is 15.5 Å². The van der Waals surface area contributed by atoms with Gasteiger partial charge >= 0.3 is 6.03 Å². The molecule has 0 spiro atoms. The monoisotopic (exact) mass is 398 g/mol. The average molecular weight is 399 g/mol. The number of fused-ring (bicyclic) bond motifs is 1. The number of nitrogens with zero attached hydrogens (tertiary/aromatic N) is 4. The van der Waals surface area contributed by atoms with Gasteiger partial charge in [-0.15, -0.1) is 5.10 Å². The van der Waals surface area contributed by atoms with Crippen molar-refractivity contribution in [3.05, 3.63) is 40.7 Å². The van der Waals surface area contributed by atoms with Gasteiger partial charge in [-0.2, -0.15) is 0 Å². The maximum absolute atomic E-state index is 12.6. The van der Waals surface area contributed by atoms with E-state index in [1.807, 2.05) is 43.9 Å². The topological polar surface area (TPSA) is 92.2 Å². The number of carbonyl (C=O) groups excluding carboxylic acids is 2. The summed E-state index contributed by atoms with van der Waals surface area (Å²) in [7, 11) is 0. The molecule has 0 aliphatic carbocycles. The van der Waals surface area contributed by atoms with Gasteiger partial charge in [0.2, 0.25) is 0 Å². The summed E-state index contributed by atoms with van der Waals surface area (Å²) in [5.41, 5.74) is 4.20. The van der Waals surface area contributed by atoms with E-state index in [2.05, 4.69) is 34.8 Å². The van der Waals surface area contributed by atoms with Crippen molar-refractivity contribution >= 4 is 11.9 Å². The normalized spacial score (nSPS) is 14.5. The average Bonchev–Trinajstić information content (AvgIpc) is 3.08. The van der Waals surface area contributed by atoms with Crippen LogP contribution in [0.4, 0.5) is 4.79 Å². The van der Waals surface area contributed by atoms with Gasteiger partial charge in [-0.1, -0.05) is 31.2 Å². The van der Waals surface area contributed by atoms with E-state index in [0.717, 1.165) is 23.2 Å². The van der Waals surface area contributed by atoms with E-state index in [4.69, 9.17) is 0 Å². The molecule has 1 atom stereocenters. The van der Waals surface area contributed by atoms with Crippen molar-refractivity contribution in [2.75, 3.05) is 13.1 Å². The highest BCUT2D eigenvalue weighted by molar-refractivity contribution is 5.93. The summed E-state index contributed by atoms with van der Waals surface area (Å²) in [5, 5.41) is 14.3. The Bertz CT molecular complexity index is 905. The summed E-state index contributed by atoms with van der Waals surface area (Å²) >= 11 is 0. The molecule has 2 N–H and O–H groups in total. The van der Waals surface area contributed by atoms with E-state index < -0.39 is 0 Å². The molecule has 3 rings (SSSR count). The van der Waals surface area contributed by atoms with Crippen LogP contribution in [0.1, 0.15) is 55.0 Å². The first-order chi connectivity index (χ1) is 13.8. The van der Waals surface area contributed by atoms with Crippen molar-refractivity contribution in [3.63, 3.8) is 0 Å². The van der Waals surface area contributed by atoms with E-state index in [9.17, 15) is 9.59 Å². The van der Waals surface area contributed by atoms with E-state index in [0.29, 0.717) is 36.9 Å². The van der Waals surface area contributed by atoms with Crippen molar-refractivity contribution in [1.29, 1.82) is 0 Å². The van der Waals surface area contributed by atoms with Gasteiger partial charge in [0.05, 0.1) is 11.4 Å². The Morgan fingerprint density at radius 1 is 1.24 bits per heavy atom. The van der Waals surface area contributed by atoms with Crippen LogP contribution in [0.5, 0.6) is 0 Å². The van der Waals surface area contributed by atoms with Crippen LogP contribution in [-0.4, -0.2) is 51.0 Å². The Balaban J connectivity index is 1.86. The summed E-state index contributed by atoms with van der Waals surface area (Å²) in [6.07, 6.45) is 0.730. The molecule has 3 amide bonds. The first-order valence-corrected chi connectivity index (χ1v) is 10.2. The van der Waals surface area contributed by atoms with Gasteiger partial charge in [0, 0.05) is 25.7 Å². The number of aromatic nitrogens is 3. The zero-order valence-electron chi connectivity index (χ0n) is 17.8. The first-order valence-electron chi connectivity index (χ1n) is 10.2. The second kappa shape index (κ2) is 8.63. The van der Waals surface area contributed by atoms with Gasteiger partial charge in [-0.05, 0) is 50.3 Å². The number of benzene rings is 1. The molecule has 1 aliphatic heterocycles. The Kier molecular flexibility index (Phi) is 6.20. The van der Waals surface area contributed by atoms with Gasteiger partial charge in [-0.25, -0.2) is 9.48 Å². The highest BCUT2D eigenvalue weighted by Crippen LogP contribution is 2.26. The minimum atomic E-state index is -0.206. The Labute approximate surface area is 171 Å². The van der Waals surface area contributed by atoms with Crippen LogP contribution in [-0.2, 0) is 13.0 Å². The lowest BCUT2D eigenvalue weighted by Gasteiger charge is -2.30. The van der Waals surface area contributed by atoms with E-state index >= 15 is 0 Å². The maximum Gasteiger partial charge on any atom is 0.317 e. The third kappa shape index (κ3) is 4.26. The maximum atomic E-state index is 12.6. The number of urea groups is 1. The van der Waals surface area contributed by atoms with Gasteiger partial charge in [0.15, 0.2) is 5.69 Å². The lowest BCUT2D eigenvalue weighted by molar-refractivity contribution is 0.0924. The largest absolute Gasteiger partial charge is 0.348 e. The zero-order valence-corrected chi connectivity index (χ0v) is 17.8. The van der Waals surface area contributed by atoms with Crippen LogP contribution in [0.3, 0.4) is 0 Å². The first kappa shape index (κ1) is 20.8. The van der Waals surface area contributed by atoms with Gasteiger partial charge in [0.25, 0.3) is 5.91 Å². The zero-order chi connectivity index (χ0) is 21.1. The van der Waals surface area contributed by atoms with Crippen molar-refractivity contribution in [2.45, 2.75) is 53.6 Å². The number of hydrogen-bond donors (Lipinski definition) is 2. The van der Waals surface area contributed by atoms with Crippen LogP contribution >= 0.6 is 0 Å². The summed E-state index contributed by atoms with van der Waals surface area (Å²) in [6, 6.07) is 5.99. The molecular weight excluding hydrogens is 368 g/mol. The van der Waals surface area contributed by atoms with Crippen molar-refractivity contribution in [2.24, 2.45) is 5.92 Å². The fourth-order valence-electron chi connectivity index (χ4n) is 3.43. The molecule has 0 radical (unpaired) electrons. The highest BCUT2D eigenvalue weighted by Gasteiger charge is 2.25. The molecule has 0 saturated carbocycles. The van der Waals surface area contributed by atoms with E-state index in [1.54, 1.807) is 4.68 Å². The molecule has 0 fully saturated rings. The van der Waals surface area contributed by atoms with Gasteiger partial charge in [0.1, 0.15) is 0 Å². The van der Waals surface area contributed by atoms with Crippen LogP contribution < -0.4 is 10.6 Å². The minimum Gasteiger partial charge on any atom is -0.348 e. The predicted octanol–water partition coefficient (Wildman–Crippen LogP) is 2.44. The smallest absolute Gasteiger partial charge is 0.317 e. The fraction of sp³-hybridized carbons (Fsp3) is 0.524. The lowest BCUT2D eigenvalue weighted by atomic mass is 9.98. The minimum absolute atomic E-state index is 0.0429. The second-order valence-electron chi connectivity index (χ2n) is 7.86. The summed E-state index contributed by atoms with van der Waals surface area (Å²) in [5.74, 6) is 0.130. The molecule has 2 heterocycles. The fourth-order valence-corrected chi connectivity index (χ4v) is 3.43. The molecule has 0 unspecified atom stereocenters. The molecule has 1 aromatic heterocycles. The van der Waals surface area contributed by atoms with Crippen LogP contribution in [0.25, 0.3) is 5.69 Å². The van der Waals surface area contributed by atoms with Crippen molar-refractivity contribution < 1.29 is 9.59 Å².